The molecule has 0 aliphatic carbocycles. The van der Waals surface area contributed by atoms with Crippen LogP contribution in [-0.4, -0.2) is 25.1 Å². The van der Waals surface area contributed by atoms with Gasteiger partial charge >= 0.3 is 0 Å². The summed E-state index contributed by atoms with van der Waals surface area (Å²) in [5.74, 6) is 0.551. The third kappa shape index (κ3) is 3.84. The van der Waals surface area contributed by atoms with Crippen molar-refractivity contribution in [1.29, 1.82) is 0 Å². The van der Waals surface area contributed by atoms with E-state index >= 15 is 0 Å². The molecule has 0 bridgehead atoms. The molecular weight excluding hydrogens is 304 g/mol. The van der Waals surface area contributed by atoms with Gasteiger partial charge in [-0.1, -0.05) is 29.8 Å². The molecule has 126 valence electrons. The van der Waals surface area contributed by atoms with Gasteiger partial charge < -0.3 is 14.6 Å². The topological polar surface area (TPSA) is 55.8 Å². The van der Waals surface area contributed by atoms with Gasteiger partial charge in [0.05, 0.1) is 20.8 Å². The standard InChI is InChI=1S/C20H22O4/c1-13-5-6-16(14(2)9-13)7-8-17(22)20-18(23-3)10-15(12-21)11-19(20)24-4/h5-11,21H,12H2,1-4H3/b8-7+. The van der Waals surface area contributed by atoms with Crippen LogP contribution in [0.4, 0.5) is 0 Å². The van der Waals surface area contributed by atoms with Crippen LogP contribution in [0.15, 0.2) is 36.4 Å². The van der Waals surface area contributed by atoms with Gasteiger partial charge in [0.25, 0.3) is 0 Å². The number of methoxy groups -OCH3 is 2. The van der Waals surface area contributed by atoms with E-state index in [0.29, 0.717) is 22.6 Å². The minimum atomic E-state index is -0.215. The minimum Gasteiger partial charge on any atom is -0.496 e. The third-order valence-corrected chi connectivity index (χ3v) is 3.83. The van der Waals surface area contributed by atoms with E-state index in [1.807, 2.05) is 26.0 Å². The van der Waals surface area contributed by atoms with E-state index in [2.05, 4.69) is 6.07 Å². The Bertz CT molecular complexity index is 750. The van der Waals surface area contributed by atoms with Crippen LogP contribution in [0, 0.1) is 13.8 Å². The molecule has 2 rings (SSSR count). The van der Waals surface area contributed by atoms with Crippen molar-refractivity contribution in [2.75, 3.05) is 14.2 Å². The Labute approximate surface area is 142 Å². The van der Waals surface area contributed by atoms with Crippen LogP contribution in [0.3, 0.4) is 0 Å². The summed E-state index contributed by atoms with van der Waals surface area (Å²) in [5.41, 5.74) is 4.24. The fourth-order valence-corrected chi connectivity index (χ4v) is 2.56. The SMILES string of the molecule is COc1cc(CO)cc(OC)c1C(=O)/C=C/c1ccc(C)cc1C. The third-order valence-electron chi connectivity index (χ3n) is 3.83. The molecular formula is C20H22O4. The maximum atomic E-state index is 12.6. The number of rotatable bonds is 6. The van der Waals surface area contributed by atoms with Gasteiger partial charge in [0, 0.05) is 0 Å². The molecule has 2 aromatic rings. The van der Waals surface area contributed by atoms with E-state index in [4.69, 9.17) is 9.47 Å². The van der Waals surface area contributed by atoms with Crippen molar-refractivity contribution in [3.05, 3.63) is 64.2 Å². The van der Waals surface area contributed by atoms with Crippen LogP contribution in [0.25, 0.3) is 6.08 Å². The van der Waals surface area contributed by atoms with Crippen molar-refractivity contribution < 1.29 is 19.4 Å². The zero-order chi connectivity index (χ0) is 17.7. The molecule has 0 aliphatic heterocycles. The lowest BCUT2D eigenvalue weighted by molar-refractivity contribution is 0.104. The maximum absolute atomic E-state index is 12.6. The van der Waals surface area contributed by atoms with Gasteiger partial charge in [-0.25, -0.2) is 0 Å². The molecule has 0 atom stereocenters. The molecule has 0 saturated carbocycles. The molecule has 0 heterocycles. The average Bonchev–Trinajstić information content (AvgIpc) is 2.59. The molecule has 0 unspecified atom stereocenters. The second kappa shape index (κ2) is 7.79. The predicted molar refractivity (Wildman–Crippen MR) is 94.7 cm³/mol. The molecule has 24 heavy (non-hydrogen) atoms. The average molecular weight is 326 g/mol. The smallest absolute Gasteiger partial charge is 0.193 e. The number of allylic oxidation sites excluding steroid dienone is 1. The van der Waals surface area contributed by atoms with Crippen molar-refractivity contribution >= 4 is 11.9 Å². The Hall–Kier alpha value is -2.59. The highest BCUT2D eigenvalue weighted by molar-refractivity contribution is 6.10. The lowest BCUT2D eigenvalue weighted by atomic mass is 10.0. The fourth-order valence-electron chi connectivity index (χ4n) is 2.56. The summed E-state index contributed by atoms with van der Waals surface area (Å²) in [7, 11) is 2.97. The Balaban J connectivity index is 2.40. The number of hydrogen-bond acceptors (Lipinski definition) is 4. The summed E-state index contributed by atoms with van der Waals surface area (Å²) in [6.45, 7) is 3.89. The van der Waals surface area contributed by atoms with Crippen molar-refractivity contribution in [1.82, 2.24) is 0 Å². The summed E-state index contributed by atoms with van der Waals surface area (Å²) in [4.78, 5) is 12.6. The first-order chi connectivity index (χ1) is 11.5. The molecule has 0 radical (unpaired) electrons. The molecule has 2 aromatic carbocycles. The highest BCUT2D eigenvalue weighted by atomic mass is 16.5. The summed E-state index contributed by atoms with van der Waals surface area (Å²) >= 11 is 0. The summed E-state index contributed by atoms with van der Waals surface area (Å²) in [6, 6.07) is 9.34. The maximum Gasteiger partial charge on any atom is 0.193 e. The monoisotopic (exact) mass is 326 g/mol. The largest absolute Gasteiger partial charge is 0.496 e. The second-order valence-electron chi connectivity index (χ2n) is 5.59. The summed E-state index contributed by atoms with van der Waals surface area (Å²) < 4.78 is 10.6. The second-order valence-corrected chi connectivity index (χ2v) is 5.59. The predicted octanol–water partition coefficient (Wildman–Crippen LogP) is 3.71. The quantitative estimate of drug-likeness (QED) is 0.649. The molecule has 1 N–H and O–H groups in total. The first-order valence-corrected chi connectivity index (χ1v) is 7.65. The van der Waals surface area contributed by atoms with Gasteiger partial charge in [-0.05, 0) is 48.7 Å². The highest BCUT2D eigenvalue weighted by Crippen LogP contribution is 2.31. The number of ketones is 1. The summed E-state index contributed by atoms with van der Waals surface area (Å²) in [5, 5.41) is 9.30. The van der Waals surface area contributed by atoms with Crippen molar-refractivity contribution in [3.8, 4) is 11.5 Å². The number of ether oxygens (including phenoxy) is 2. The van der Waals surface area contributed by atoms with Crippen LogP contribution in [0.5, 0.6) is 11.5 Å². The van der Waals surface area contributed by atoms with Gasteiger partial charge in [0.2, 0.25) is 0 Å². The van der Waals surface area contributed by atoms with E-state index in [-0.39, 0.29) is 12.4 Å². The Morgan fingerprint density at radius 3 is 2.21 bits per heavy atom. The molecule has 0 aromatic heterocycles. The minimum absolute atomic E-state index is 0.153. The molecule has 4 heteroatoms. The van der Waals surface area contributed by atoms with E-state index in [1.165, 1.54) is 25.9 Å². The van der Waals surface area contributed by atoms with Crippen molar-refractivity contribution in [2.24, 2.45) is 0 Å². The van der Waals surface area contributed by atoms with Gasteiger partial charge in [0.15, 0.2) is 5.78 Å². The number of benzene rings is 2. The molecule has 0 aliphatic rings. The zero-order valence-electron chi connectivity index (χ0n) is 14.4. The van der Waals surface area contributed by atoms with E-state index in [9.17, 15) is 9.90 Å². The molecule has 0 spiro atoms. The summed E-state index contributed by atoms with van der Waals surface area (Å²) in [6.07, 6.45) is 3.30. The van der Waals surface area contributed by atoms with Crippen LogP contribution in [-0.2, 0) is 6.61 Å². The first kappa shape index (κ1) is 17.8. The van der Waals surface area contributed by atoms with Crippen LogP contribution < -0.4 is 9.47 Å². The lowest BCUT2D eigenvalue weighted by Gasteiger charge is -2.13. The fraction of sp³-hybridized carbons (Fsp3) is 0.250. The van der Waals surface area contributed by atoms with Crippen molar-refractivity contribution in [2.45, 2.75) is 20.5 Å². The van der Waals surface area contributed by atoms with Gasteiger partial charge in [-0.15, -0.1) is 0 Å². The van der Waals surface area contributed by atoms with Crippen LogP contribution >= 0.6 is 0 Å². The Morgan fingerprint density at radius 2 is 1.71 bits per heavy atom. The van der Waals surface area contributed by atoms with Gasteiger partial charge in [0.1, 0.15) is 17.1 Å². The van der Waals surface area contributed by atoms with E-state index in [0.717, 1.165) is 11.1 Å². The van der Waals surface area contributed by atoms with E-state index < -0.39 is 0 Å². The molecule has 0 amide bonds. The number of aryl methyl sites for hydroxylation is 2. The number of carbonyl (C=O) groups is 1. The number of carbonyl (C=O) groups excluding carboxylic acids is 1. The highest BCUT2D eigenvalue weighted by Gasteiger charge is 2.18. The molecule has 4 nitrogen and oxygen atoms in total. The van der Waals surface area contributed by atoms with Crippen LogP contribution in [0.2, 0.25) is 0 Å². The number of aliphatic hydroxyl groups excluding tert-OH is 1. The molecule has 0 saturated heterocycles. The number of hydrogen-bond donors (Lipinski definition) is 1. The number of aliphatic hydroxyl groups is 1. The Kier molecular flexibility index (Phi) is 5.77. The normalized spacial score (nSPS) is 10.9. The first-order valence-electron chi connectivity index (χ1n) is 7.65. The molecule has 0 fully saturated rings. The van der Waals surface area contributed by atoms with Crippen molar-refractivity contribution in [3.63, 3.8) is 0 Å². The van der Waals surface area contributed by atoms with Gasteiger partial charge in [-0.3, -0.25) is 4.79 Å². The van der Waals surface area contributed by atoms with E-state index in [1.54, 1.807) is 18.2 Å². The zero-order valence-corrected chi connectivity index (χ0v) is 14.4. The lowest BCUT2D eigenvalue weighted by Crippen LogP contribution is -2.04. The Morgan fingerprint density at radius 1 is 1.08 bits per heavy atom. The van der Waals surface area contributed by atoms with Crippen LogP contribution in [0.1, 0.15) is 32.6 Å². The van der Waals surface area contributed by atoms with Gasteiger partial charge in [-0.2, -0.15) is 0 Å².